The van der Waals surface area contributed by atoms with Crippen LogP contribution in [0.3, 0.4) is 0 Å². The van der Waals surface area contributed by atoms with E-state index in [-0.39, 0.29) is 24.3 Å². The minimum Gasteiger partial charge on any atom is -0.484 e. The van der Waals surface area contributed by atoms with Crippen molar-refractivity contribution < 1.29 is 14.3 Å². The van der Waals surface area contributed by atoms with Crippen molar-refractivity contribution in [1.29, 1.82) is 0 Å². The molecule has 2 amide bonds. The van der Waals surface area contributed by atoms with Crippen LogP contribution in [0.1, 0.15) is 12.8 Å². The summed E-state index contributed by atoms with van der Waals surface area (Å²) in [6, 6.07) is 9.27. The number of aromatic nitrogens is 2. The Morgan fingerprint density at radius 3 is 2.67 bits per heavy atom. The van der Waals surface area contributed by atoms with Gasteiger partial charge in [-0.25, -0.2) is 0 Å². The van der Waals surface area contributed by atoms with Gasteiger partial charge in [-0.3, -0.25) is 14.7 Å². The van der Waals surface area contributed by atoms with Gasteiger partial charge in [-0.15, -0.1) is 0 Å². The van der Waals surface area contributed by atoms with E-state index >= 15 is 0 Å². The van der Waals surface area contributed by atoms with Gasteiger partial charge in [0.1, 0.15) is 5.75 Å². The lowest BCUT2D eigenvalue weighted by Crippen LogP contribution is -2.43. The Bertz CT molecular complexity index is 664. The van der Waals surface area contributed by atoms with Crippen LogP contribution in [0.15, 0.2) is 42.7 Å². The summed E-state index contributed by atoms with van der Waals surface area (Å²) in [5.41, 5.74) is 0.662. The van der Waals surface area contributed by atoms with Gasteiger partial charge in [0.05, 0.1) is 11.9 Å². The largest absolute Gasteiger partial charge is 0.484 e. The lowest BCUT2D eigenvalue weighted by Gasteiger charge is -2.31. The molecule has 0 bridgehead atoms. The summed E-state index contributed by atoms with van der Waals surface area (Å²) in [4.78, 5) is 26.1. The molecule has 1 aliphatic rings. The highest BCUT2D eigenvalue weighted by molar-refractivity contribution is 5.92. The standard InChI is InChI=1S/C17H20N4O3/c22-16(12-24-15-4-2-1-3-5-15)21-8-6-13(7-9-21)17(23)20-14-10-18-19-11-14/h1-5,10-11,13H,6-9,12H2,(H,18,19)(H,20,23). The number of hydrogen-bond donors (Lipinski definition) is 2. The number of benzene rings is 1. The van der Waals surface area contributed by atoms with E-state index in [9.17, 15) is 9.59 Å². The number of amides is 2. The van der Waals surface area contributed by atoms with Crippen molar-refractivity contribution in [3.63, 3.8) is 0 Å². The van der Waals surface area contributed by atoms with E-state index in [4.69, 9.17) is 4.74 Å². The molecule has 0 saturated carbocycles. The number of anilines is 1. The zero-order valence-electron chi connectivity index (χ0n) is 13.3. The van der Waals surface area contributed by atoms with E-state index in [1.807, 2.05) is 30.3 Å². The van der Waals surface area contributed by atoms with E-state index in [1.54, 1.807) is 17.3 Å². The first kappa shape index (κ1) is 16.0. The molecule has 2 N–H and O–H groups in total. The number of aromatic amines is 1. The first-order valence-corrected chi connectivity index (χ1v) is 7.97. The predicted molar refractivity (Wildman–Crippen MR) is 88.5 cm³/mol. The predicted octanol–water partition coefficient (Wildman–Crippen LogP) is 1.67. The molecule has 2 aromatic rings. The molecule has 1 aromatic carbocycles. The van der Waals surface area contributed by atoms with Crippen LogP contribution in [0.4, 0.5) is 5.69 Å². The van der Waals surface area contributed by atoms with E-state index in [0.717, 1.165) is 0 Å². The fourth-order valence-corrected chi connectivity index (χ4v) is 2.71. The summed E-state index contributed by atoms with van der Waals surface area (Å²) in [5, 5.41) is 9.27. The Labute approximate surface area is 140 Å². The molecule has 2 heterocycles. The molecule has 1 aliphatic heterocycles. The highest BCUT2D eigenvalue weighted by Gasteiger charge is 2.27. The van der Waals surface area contributed by atoms with Crippen LogP contribution in [-0.4, -0.2) is 46.6 Å². The van der Waals surface area contributed by atoms with Gasteiger partial charge in [-0.1, -0.05) is 18.2 Å². The topological polar surface area (TPSA) is 87.3 Å². The number of carbonyl (C=O) groups is 2. The number of ether oxygens (including phenoxy) is 1. The van der Waals surface area contributed by atoms with Crippen molar-refractivity contribution in [2.24, 2.45) is 5.92 Å². The average Bonchev–Trinajstić information content (AvgIpc) is 3.13. The van der Waals surface area contributed by atoms with Gasteiger partial charge in [-0.05, 0) is 25.0 Å². The van der Waals surface area contributed by atoms with E-state index < -0.39 is 0 Å². The highest BCUT2D eigenvalue weighted by atomic mass is 16.5. The first-order chi connectivity index (χ1) is 11.7. The molecule has 0 radical (unpaired) electrons. The Hall–Kier alpha value is -2.83. The highest BCUT2D eigenvalue weighted by Crippen LogP contribution is 2.19. The molecule has 0 aliphatic carbocycles. The van der Waals surface area contributed by atoms with Crippen molar-refractivity contribution in [1.82, 2.24) is 15.1 Å². The van der Waals surface area contributed by atoms with Crippen LogP contribution in [0, 0.1) is 5.92 Å². The zero-order valence-corrected chi connectivity index (χ0v) is 13.3. The molecule has 0 atom stereocenters. The molecule has 1 aromatic heterocycles. The van der Waals surface area contributed by atoms with Crippen LogP contribution >= 0.6 is 0 Å². The molecular weight excluding hydrogens is 308 g/mol. The van der Waals surface area contributed by atoms with Crippen LogP contribution in [-0.2, 0) is 9.59 Å². The summed E-state index contributed by atoms with van der Waals surface area (Å²) < 4.78 is 5.48. The summed E-state index contributed by atoms with van der Waals surface area (Å²) in [6.07, 6.45) is 4.51. The summed E-state index contributed by atoms with van der Waals surface area (Å²) in [7, 11) is 0. The lowest BCUT2D eigenvalue weighted by atomic mass is 9.96. The van der Waals surface area contributed by atoms with E-state index in [1.165, 1.54) is 0 Å². The maximum absolute atomic E-state index is 12.2. The van der Waals surface area contributed by atoms with E-state index in [0.29, 0.717) is 37.4 Å². The monoisotopic (exact) mass is 328 g/mol. The van der Waals surface area contributed by atoms with Crippen LogP contribution in [0.25, 0.3) is 0 Å². The minimum atomic E-state index is -0.0843. The number of hydrogen-bond acceptors (Lipinski definition) is 4. The third kappa shape index (κ3) is 4.13. The Morgan fingerprint density at radius 2 is 2.00 bits per heavy atom. The fraction of sp³-hybridized carbons (Fsp3) is 0.353. The van der Waals surface area contributed by atoms with Crippen molar-refractivity contribution in [3.8, 4) is 5.75 Å². The molecule has 1 fully saturated rings. The van der Waals surface area contributed by atoms with Gasteiger partial charge < -0.3 is 15.0 Å². The Balaban J connectivity index is 1.42. The number of H-pyrrole nitrogens is 1. The van der Waals surface area contributed by atoms with Gasteiger partial charge >= 0.3 is 0 Å². The Morgan fingerprint density at radius 1 is 1.25 bits per heavy atom. The first-order valence-electron chi connectivity index (χ1n) is 7.97. The van der Waals surface area contributed by atoms with Crippen molar-refractivity contribution in [2.45, 2.75) is 12.8 Å². The van der Waals surface area contributed by atoms with Gasteiger partial charge in [0.15, 0.2) is 6.61 Å². The summed E-state index contributed by atoms with van der Waals surface area (Å²) in [5.74, 6) is 0.524. The number of nitrogens with one attached hydrogen (secondary N) is 2. The number of piperidine rings is 1. The van der Waals surface area contributed by atoms with Crippen molar-refractivity contribution in [3.05, 3.63) is 42.7 Å². The molecule has 1 saturated heterocycles. The second-order valence-electron chi connectivity index (χ2n) is 5.73. The number of rotatable bonds is 5. The smallest absolute Gasteiger partial charge is 0.260 e. The maximum atomic E-state index is 12.2. The summed E-state index contributed by atoms with van der Waals surface area (Å²) >= 11 is 0. The van der Waals surface area contributed by atoms with Gasteiger partial charge in [0.25, 0.3) is 5.91 Å². The summed E-state index contributed by atoms with van der Waals surface area (Å²) in [6.45, 7) is 1.16. The van der Waals surface area contributed by atoms with Crippen molar-refractivity contribution >= 4 is 17.5 Å². The second kappa shape index (κ2) is 7.63. The molecule has 7 heteroatoms. The number of para-hydroxylation sites is 1. The number of nitrogens with zero attached hydrogens (tertiary/aromatic N) is 2. The quantitative estimate of drug-likeness (QED) is 0.874. The second-order valence-corrected chi connectivity index (χ2v) is 5.73. The normalized spacial score (nSPS) is 15.1. The number of likely N-dealkylation sites (tertiary alicyclic amines) is 1. The molecule has 7 nitrogen and oxygen atoms in total. The SMILES string of the molecule is O=C(Nc1cn[nH]c1)C1CCN(C(=O)COc2ccccc2)CC1. The third-order valence-corrected chi connectivity index (χ3v) is 4.09. The molecule has 0 unspecified atom stereocenters. The average molecular weight is 328 g/mol. The van der Waals surface area contributed by atoms with Crippen LogP contribution < -0.4 is 10.1 Å². The lowest BCUT2D eigenvalue weighted by molar-refractivity contribution is -0.136. The van der Waals surface area contributed by atoms with Crippen LogP contribution in [0.2, 0.25) is 0 Å². The molecule has 0 spiro atoms. The van der Waals surface area contributed by atoms with E-state index in [2.05, 4.69) is 15.5 Å². The fourth-order valence-electron chi connectivity index (χ4n) is 2.71. The van der Waals surface area contributed by atoms with Crippen molar-refractivity contribution in [2.75, 3.05) is 25.0 Å². The molecule has 3 rings (SSSR count). The molecule has 24 heavy (non-hydrogen) atoms. The van der Waals surface area contributed by atoms with Gasteiger partial charge in [0, 0.05) is 25.2 Å². The third-order valence-electron chi connectivity index (χ3n) is 4.09. The minimum absolute atomic E-state index is 0.0237. The Kier molecular flexibility index (Phi) is 5.10. The van der Waals surface area contributed by atoms with Gasteiger partial charge in [-0.2, -0.15) is 5.10 Å². The zero-order chi connectivity index (χ0) is 16.8. The number of carbonyl (C=O) groups excluding carboxylic acids is 2. The van der Waals surface area contributed by atoms with Crippen LogP contribution in [0.5, 0.6) is 5.75 Å². The molecular formula is C17H20N4O3. The maximum Gasteiger partial charge on any atom is 0.260 e. The van der Waals surface area contributed by atoms with Gasteiger partial charge in [0.2, 0.25) is 5.91 Å². The molecule has 126 valence electrons.